The summed E-state index contributed by atoms with van der Waals surface area (Å²) in [6.07, 6.45) is 3.17. The molecule has 1 heterocycles. The Morgan fingerprint density at radius 1 is 1.32 bits per heavy atom. The molecule has 5 nitrogen and oxygen atoms in total. The molecule has 5 heteroatoms. The molecule has 2 atom stereocenters. The monoisotopic (exact) mass is 345 g/mol. The molecule has 25 heavy (non-hydrogen) atoms. The first-order valence-corrected chi connectivity index (χ1v) is 9.30. The molecule has 0 aromatic heterocycles. The standard InChI is InChI=1S/C20H31N3O2/c1-15(2)13-17(21)20(25)22-18-9-6-11-23(14-19(18)24)12-10-16-7-4-3-5-8-16/h3-5,7-8,15,17-18H,6,9-14,21H2,1-2H3,(H,22,25)/t17-,18?/m0/s1. The molecule has 1 unspecified atom stereocenters. The van der Waals surface area contributed by atoms with Crippen LogP contribution in [0.15, 0.2) is 30.3 Å². The van der Waals surface area contributed by atoms with Crippen LogP contribution in [0.2, 0.25) is 0 Å². The van der Waals surface area contributed by atoms with E-state index in [2.05, 4.69) is 22.3 Å². The first kappa shape index (κ1) is 19.6. The normalized spacial score (nSPS) is 20.3. The largest absolute Gasteiger partial charge is 0.345 e. The topological polar surface area (TPSA) is 75.4 Å². The lowest BCUT2D eigenvalue weighted by Gasteiger charge is -2.21. The Balaban J connectivity index is 1.82. The molecule has 1 amide bonds. The maximum absolute atomic E-state index is 12.5. The average molecular weight is 345 g/mol. The van der Waals surface area contributed by atoms with Crippen LogP contribution in [0.1, 0.15) is 38.7 Å². The molecule has 1 fully saturated rings. The Labute approximate surface area is 151 Å². The molecule has 0 saturated carbocycles. The number of carbonyl (C=O) groups excluding carboxylic acids is 2. The zero-order valence-electron chi connectivity index (χ0n) is 15.4. The number of ketones is 1. The van der Waals surface area contributed by atoms with Crippen LogP contribution in [0, 0.1) is 5.92 Å². The summed E-state index contributed by atoms with van der Waals surface area (Å²) >= 11 is 0. The lowest BCUT2D eigenvalue weighted by atomic mass is 10.0. The van der Waals surface area contributed by atoms with Crippen LogP contribution in [0.3, 0.4) is 0 Å². The minimum atomic E-state index is -0.537. The smallest absolute Gasteiger partial charge is 0.237 e. The van der Waals surface area contributed by atoms with Crippen molar-refractivity contribution in [2.45, 2.75) is 51.6 Å². The molecular formula is C20H31N3O2. The number of carbonyl (C=O) groups is 2. The highest BCUT2D eigenvalue weighted by atomic mass is 16.2. The van der Waals surface area contributed by atoms with Crippen molar-refractivity contribution in [1.29, 1.82) is 0 Å². The Bertz CT molecular complexity index is 559. The van der Waals surface area contributed by atoms with E-state index in [4.69, 9.17) is 5.73 Å². The summed E-state index contributed by atoms with van der Waals surface area (Å²) in [5, 5.41) is 2.87. The molecule has 1 aliphatic rings. The summed E-state index contributed by atoms with van der Waals surface area (Å²) < 4.78 is 0. The van der Waals surface area contributed by atoms with E-state index >= 15 is 0 Å². The lowest BCUT2D eigenvalue weighted by molar-refractivity contribution is -0.128. The maximum atomic E-state index is 12.5. The highest BCUT2D eigenvalue weighted by Crippen LogP contribution is 2.11. The van der Waals surface area contributed by atoms with Gasteiger partial charge in [0, 0.05) is 6.54 Å². The number of rotatable bonds is 7. The van der Waals surface area contributed by atoms with Gasteiger partial charge in [0.1, 0.15) is 0 Å². The van der Waals surface area contributed by atoms with Gasteiger partial charge in [0.15, 0.2) is 5.78 Å². The van der Waals surface area contributed by atoms with E-state index in [0.717, 1.165) is 25.9 Å². The lowest BCUT2D eigenvalue weighted by Crippen LogP contribution is -2.49. The molecule has 0 aliphatic carbocycles. The summed E-state index contributed by atoms with van der Waals surface area (Å²) in [6.45, 7) is 6.23. The van der Waals surface area contributed by atoms with Crippen LogP contribution in [-0.2, 0) is 16.0 Å². The number of Topliss-reactive ketones (excluding diaryl/α,β-unsaturated/α-hetero) is 1. The van der Waals surface area contributed by atoms with Crippen LogP contribution in [-0.4, -0.2) is 48.3 Å². The van der Waals surface area contributed by atoms with Gasteiger partial charge in [-0.15, -0.1) is 0 Å². The number of amides is 1. The van der Waals surface area contributed by atoms with Crippen molar-refractivity contribution in [1.82, 2.24) is 10.2 Å². The minimum Gasteiger partial charge on any atom is -0.345 e. The van der Waals surface area contributed by atoms with Gasteiger partial charge in [-0.25, -0.2) is 0 Å². The molecule has 0 radical (unpaired) electrons. The van der Waals surface area contributed by atoms with Crippen molar-refractivity contribution in [2.24, 2.45) is 11.7 Å². The maximum Gasteiger partial charge on any atom is 0.237 e. The summed E-state index contributed by atoms with van der Waals surface area (Å²) in [7, 11) is 0. The van der Waals surface area contributed by atoms with Gasteiger partial charge in [0.25, 0.3) is 0 Å². The van der Waals surface area contributed by atoms with Gasteiger partial charge in [-0.1, -0.05) is 44.2 Å². The van der Waals surface area contributed by atoms with Crippen LogP contribution >= 0.6 is 0 Å². The quantitative estimate of drug-likeness (QED) is 0.789. The number of hydrogen-bond donors (Lipinski definition) is 2. The van der Waals surface area contributed by atoms with Crippen molar-refractivity contribution in [2.75, 3.05) is 19.6 Å². The number of benzene rings is 1. The van der Waals surface area contributed by atoms with E-state index in [0.29, 0.717) is 25.3 Å². The molecule has 0 bridgehead atoms. The van der Waals surface area contributed by atoms with E-state index in [9.17, 15) is 9.59 Å². The fourth-order valence-electron chi connectivity index (χ4n) is 3.26. The van der Waals surface area contributed by atoms with Gasteiger partial charge in [-0.05, 0) is 43.7 Å². The predicted octanol–water partition coefficient (Wildman–Crippen LogP) is 1.75. The molecule has 1 aromatic rings. The highest BCUT2D eigenvalue weighted by molar-refractivity contribution is 5.92. The van der Waals surface area contributed by atoms with E-state index in [1.807, 2.05) is 32.0 Å². The predicted molar refractivity (Wildman–Crippen MR) is 100 cm³/mol. The minimum absolute atomic E-state index is 0.0932. The van der Waals surface area contributed by atoms with E-state index in [1.54, 1.807) is 0 Å². The van der Waals surface area contributed by atoms with Crippen LogP contribution in [0.5, 0.6) is 0 Å². The molecule has 3 N–H and O–H groups in total. The Kier molecular flexibility index (Phi) is 7.59. The molecule has 138 valence electrons. The summed E-state index contributed by atoms with van der Waals surface area (Å²) in [5.74, 6) is 0.250. The van der Waals surface area contributed by atoms with Crippen LogP contribution < -0.4 is 11.1 Å². The van der Waals surface area contributed by atoms with Crippen molar-refractivity contribution in [3.63, 3.8) is 0 Å². The first-order valence-electron chi connectivity index (χ1n) is 9.30. The summed E-state index contributed by atoms with van der Waals surface area (Å²) in [5.41, 5.74) is 7.21. The third-order valence-corrected chi connectivity index (χ3v) is 4.67. The highest BCUT2D eigenvalue weighted by Gasteiger charge is 2.27. The van der Waals surface area contributed by atoms with Gasteiger partial charge in [0.05, 0.1) is 18.6 Å². The number of nitrogens with two attached hydrogens (primary N) is 1. The Hall–Kier alpha value is -1.72. The van der Waals surface area contributed by atoms with Gasteiger partial charge >= 0.3 is 0 Å². The zero-order chi connectivity index (χ0) is 18.2. The van der Waals surface area contributed by atoms with Crippen molar-refractivity contribution >= 4 is 11.7 Å². The van der Waals surface area contributed by atoms with E-state index < -0.39 is 12.1 Å². The summed E-state index contributed by atoms with van der Waals surface area (Å²) in [6, 6.07) is 9.37. The van der Waals surface area contributed by atoms with Crippen LogP contribution in [0.25, 0.3) is 0 Å². The summed E-state index contributed by atoms with van der Waals surface area (Å²) in [4.78, 5) is 26.9. The van der Waals surface area contributed by atoms with E-state index in [1.165, 1.54) is 5.56 Å². The number of likely N-dealkylation sites (tertiary alicyclic amines) is 1. The molecule has 0 spiro atoms. The average Bonchev–Trinajstić information content (AvgIpc) is 2.75. The Morgan fingerprint density at radius 2 is 2.04 bits per heavy atom. The Morgan fingerprint density at radius 3 is 2.72 bits per heavy atom. The first-order chi connectivity index (χ1) is 12.0. The molecule has 1 saturated heterocycles. The third kappa shape index (κ3) is 6.59. The molecule has 1 aliphatic heterocycles. The van der Waals surface area contributed by atoms with Crippen molar-refractivity contribution in [3.8, 4) is 0 Å². The fraction of sp³-hybridized carbons (Fsp3) is 0.600. The second-order valence-corrected chi connectivity index (χ2v) is 7.42. The zero-order valence-corrected chi connectivity index (χ0v) is 15.4. The van der Waals surface area contributed by atoms with Gasteiger partial charge in [-0.2, -0.15) is 0 Å². The SMILES string of the molecule is CC(C)C[C@H](N)C(=O)NC1CCCN(CCc2ccccc2)CC1=O. The van der Waals surface area contributed by atoms with Crippen molar-refractivity contribution in [3.05, 3.63) is 35.9 Å². The van der Waals surface area contributed by atoms with E-state index in [-0.39, 0.29) is 11.7 Å². The number of hydrogen-bond acceptors (Lipinski definition) is 4. The van der Waals surface area contributed by atoms with Gasteiger partial charge in [0.2, 0.25) is 5.91 Å². The third-order valence-electron chi connectivity index (χ3n) is 4.67. The van der Waals surface area contributed by atoms with Crippen LogP contribution in [0.4, 0.5) is 0 Å². The van der Waals surface area contributed by atoms with Crippen molar-refractivity contribution < 1.29 is 9.59 Å². The molecule has 2 rings (SSSR count). The number of nitrogens with zero attached hydrogens (tertiary/aromatic N) is 1. The second kappa shape index (κ2) is 9.68. The second-order valence-electron chi connectivity index (χ2n) is 7.42. The molecule has 1 aromatic carbocycles. The van der Waals surface area contributed by atoms with Gasteiger partial charge in [-0.3, -0.25) is 14.5 Å². The molecular weight excluding hydrogens is 314 g/mol. The number of nitrogens with one attached hydrogen (secondary N) is 1. The van der Waals surface area contributed by atoms with Gasteiger partial charge < -0.3 is 11.1 Å². The fourth-order valence-corrected chi connectivity index (χ4v) is 3.26.